The number of ether oxygens (including phenoxy) is 2. The number of nitrogens with one attached hydrogen (secondary N) is 1. The van der Waals surface area contributed by atoms with Gasteiger partial charge in [0.1, 0.15) is 5.75 Å². The molecule has 0 atom stereocenters. The molecule has 30 heavy (non-hydrogen) atoms. The van der Waals surface area contributed by atoms with Crippen molar-refractivity contribution < 1.29 is 19.1 Å². The molecule has 152 valence electrons. The molecular formula is C25H23NO4. The molecule has 0 aromatic heterocycles. The van der Waals surface area contributed by atoms with E-state index in [-0.39, 0.29) is 12.5 Å². The highest BCUT2D eigenvalue weighted by atomic mass is 16.5. The lowest BCUT2D eigenvalue weighted by atomic mass is 10.0. The first kappa shape index (κ1) is 20.9. The average Bonchev–Trinajstić information content (AvgIpc) is 2.79. The van der Waals surface area contributed by atoms with Crippen LogP contribution in [0.4, 0.5) is 5.69 Å². The third kappa shape index (κ3) is 5.14. The van der Waals surface area contributed by atoms with E-state index in [4.69, 9.17) is 9.47 Å². The van der Waals surface area contributed by atoms with Crippen molar-refractivity contribution in [1.82, 2.24) is 0 Å². The molecule has 0 unspecified atom stereocenters. The quantitative estimate of drug-likeness (QED) is 0.342. The summed E-state index contributed by atoms with van der Waals surface area (Å²) in [6, 6.07) is 23.6. The zero-order valence-electron chi connectivity index (χ0n) is 16.9. The van der Waals surface area contributed by atoms with Gasteiger partial charge in [-0.1, -0.05) is 54.6 Å². The lowest BCUT2D eigenvalue weighted by molar-refractivity contribution is -0.111. The third-order valence-electron chi connectivity index (χ3n) is 4.43. The van der Waals surface area contributed by atoms with Crippen molar-refractivity contribution in [3.05, 3.63) is 95.6 Å². The SMILES string of the molecule is CCOC(=O)c1ccccc1NC(=O)/C(=C/c1ccc(OC)cc1)c1ccccc1. The van der Waals surface area contributed by atoms with Crippen molar-refractivity contribution in [2.45, 2.75) is 6.92 Å². The predicted molar refractivity (Wildman–Crippen MR) is 118 cm³/mol. The number of rotatable bonds is 7. The van der Waals surface area contributed by atoms with Crippen molar-refractivity contribution in [1.29, 1.82) is 0 Å². The zero-order valence-corrected chi connectivity index (χ0v) is 16.9. The Morgan fingerprint density at radius 3 is 2.23 bits per heavy atom. The molecule has 0 radical (unpaired) electrons. The molecule has 0 fully saturated rings. The number of carbonyl (C=O) groups excluding carboxylic acids is 2. The Kier molecular flexibility index (Phi) is 7.00. The van der Waals surface area contributed by atoms with Crippen LogP contribution in [-0.4, -0.2) is 25.6 Å². The normalized spacial score (nSPS) is 10.9. The van der Waals surface area contributed by atoms with E-state index in [1.807, 2.05) is 54.6 Å². The van der Waals surface area contributed by atoms with Gasteiger partial charge in [0.05, 0.1) is 25.0 Å². The number of methoxy groups -OCH3 is 1. The fraction of sp³-hybridized carbons (Fsp3) is 0.120. The second kappa shape index (κ2) is 10.1. The molecule has 3 rings (SSSR count). The number of amides is 1. The Morgan fingerprint density at radius 2 is 1.57 bits per heavy atom. The Hall–Kier alpha value is -3.86. The average molecular weight is 401 g/mol. The molecule has 0 aliphatic carbocycles. The van der Waals surface area contributed by atoms with Crippen LogP contribution in [0.5, 0.6) is 5.75 Å². The summed E-state index contributed by atoms with van der Waals surface area (Å²) >= 11 is 0. The summed E-state index contributed by atoms with van der Waals surface area (Å²) in [5, 5.41) is 2.86. The summed E-state index contributed by atoms with van der Waals surface area (Å²) in [6.45, 7) is 2.00. The van der Waals surface area contributed by atoms with Gasteiger partial charge in [-0.2, -0.15) is 0 Å². The van der Waals surface area contributed by atoms with Crippen LogP contribution < -0.4 is 10.1 Å². The Labute approximate surface area is 176 Å². The van der Waals surface area contributed by atoms with Crippen LogP contribution in [0.1, 0.15) is 28.4 Å². The minimum Gasteiger partial charge on any atom is -0.497 e. The lowest BCUT2D eigenvalue weighted by Gasteiger charge is -2.13. The highest BCUT2D eigenvalue weighted by Crippen LogP contribution is 2.24. The third-order valence-corrected chi connectivity index (χ3v) is 4.43. The van der Waals surface area contributed by atoms with Gasteiger partial charge in [0.2, 0.25) is 0 Å². The van der Waals surface area contributed by atoms with E-state index in [2.05, 4.69) is 5.32 Å². The van der Waals surface area contributed by atoms with Gasteiger partial charge in [0.15, 0.2) is 0 Å². The van der Waals surface area contributed by atoms with Crippen LogP contribution in [0.25, 0.3) is 11.6 Å². The monoisotopic (exact) mass is 401 g/mol. The van der Waals surface area contributed by atoms with E-state index in [9.17, 15) is 9.59 Å². The van der Waals surface area contributed by atoms with Gasteiger partial charge in [0, 0.05) is 5.57 Å². The van der Waals surface area contributed by atoms with Gasteiger partial charge in [0.25, 0.3) is 5.91 Å². The van der Waals surface area contributed by atoms with E-state index in [1.165, 1.54) is 0 Å². The molecule has 1 N–H and O–H groups in total. The minimum absolute atomic E-state index is 0.258. The molecule has 0 saturated heterocycles. The van der Waals surface area contributed by atoms with Gasteiger partial charge >= 0.3 is 5.97 Å². The maximum Gasteiger partial charge on any atom is 0.340 e. The number of hydrogen-bond acceptors (Lipinski definition) is 4. The molecule has 0 spiro atoms. The molecule has 3 aromatic carbocycles. The van der Waals surface area contributed by atoms with Crippen molar-refractivity contribution >= 4 is 29.2 Å². The number of anilines is 1. The predicted octanol–water partition coefficient (Wildman–Crippen LogP) is 5.05. The summed E-state index contributed by atoms with van der Waals surface area (Å²) in [7, 11) is 1.61. The fourth-order valence-electron chi connectivity index (χ4n) is 2.93. The number of para-hydroxylation sites is 1. The lowest BCUT2D eigenvalue weighted by Crippen LogP contribution is -2.17. The van der Waals surface area contributed by atoms with Crippen molar-refractivity contribution in [3.8, 4) is 5.75 Å². The molecule has 0 heterocycles. The molecule has 0 bridgehead atoms. The van der Waals surface area contributed by atoms with Crippen LogP contribution in [0.15, 0.2) is 78.9 Å². The maximum absolute atomic E-state index is 13.2. The van der Waals surface area contributed by atoms with Crippen molar-refractivity contribution in [2.75, 3.05) is 19.0 Å². The Bertz CT molecular complexity index is 1040. The summed E-state index contributed by atoms with van der Waals surface area (Å²) in [5.74, 6) is -0.0659. The van der Waals surface area contributed by atoms with Crippen LogP contribution in [0.3, 0.4) is 0 Å². The second-order valence-electron chi connectivity index (χ2n) is 6.42. The molecular weight excluding hydrogens is 378 g/mol. The number of hydrogen-bond donors (Lipinski definition) is 1. The maximum atomic E-state index is 13.2. The van der Waals surface area contributed by atoms with Crippen molar-refractivity contribution in [3.63, 3.8) is 0 Å². The standard InChI is InChI=1S/C25H23NO4/c1-3-30-25(28)21-11-7-8-12-23(21)26-24(27)22(19-9-5-4-6-10-19)17-18-13-15-20(29-2)16-14-18/h4-17H,3H2,1-2H3,(H,26,27)/b22-17+. The topological polar surface area (TPSA) is 64.6 Å². The van der Waals surface area contributed by atoms with E-state index in [0.29, 0.717) is 16.8 Å². The van der Waals surface area contributed by atoms with E-state index in [0.717, 1.165) is 16.9 Å². The molecule has 0 aliphatic rings. The summed E-state index contributed by atoms with van der Waals surface area (Å²) in [6.07, 6.45) is 1.80. The number of esters is 1. The fourth-order valence-corrected chi connectivity index (χ4v) is 2.93. The summed E-state index contributed by atoms with van der Waals surface area (Å²) in [5.41, 5.74) is 2.80. The van der Waals surface area contributed by atoms with E-state index < -0.39 is 5.97 Å². The largest absolute Gasteiger partial charge is 0.497 e. The molecule has 1 amide bonds. The van der Waals surface area contributed by atoms with E-state index in [1.54, 1.807) is 44.4 Å². The highest BCUT2D eigenvalue weighted by Gasteiger charge is 2.17. The Balaban J connectivity index is 1.96. The summed E-state index contributed by atoms with van der Waals surface area (Å²) < 4.78 is 10.3. The van der Waals surface area contributed by atoms with Crippen molar-refractivity contribution in [2.24, 2.45) is 0 Å². The van der Waals surface area contributed by atoms with E-state index >= 15 is 0 Å². The van der Waals surface area contributed by atoms with Crippen LogP contribution in [0.2, 0.25) is 0 Å². The van der Waals surface area contributed by atoms with Gasteiger partial charge in [-0.15, -0.1) is 0 Å². The van der Waals surface area contributed by atoms with Crippen LogP contribution >= 0.6 is 0 Å². The first-order valence-corrected chi connectivity index (χ1v) is 9.61. The summed E-state index contributed by atoms with van der Waals surface area (Å²) in [4.78, 5) is 25.5. The highest BCUT2D eigenvalue weighted by molar-refractivity contribution is 6.29. The number of benzene rings is 3. The first-order chi connectivity index (χ1) is 14.6. The van der Waals surface area contributed by atoms with Gasteiger partial charge in [-0.25, -0.2) is 4.79 Å². The molecule has 0 saturated carbocycles. The first-order valence-electron chi connectivity index (χ1n) is 9.61. The molecule has 3 aromatic rings. The Morgan fingerprint density at radius 1 is 0.900 bits per heavy atom. The zero-order chi connectivity index (χ0) is 21.3. The minimum atomic E-state index is -0.478. The molecule has 5 heteroatoms. The van der Waals surface area contributed by atoms with Gasteiger partial charge in [-0.3, -0.25) is 4.79 Å². The molecule has 5 nitrogen and oxygen atoms in total. The van der Waals surface area contributed by atoms with Gasteiger partial charge < -0.3 is 14.8 Å². The molecule has 0 aliphatic heterocycles. The van der Waals surface area contributed by atoms with Crippen LogP contribution in [0, 0.1) is 0 Å². The van der Waals surface area contributed by atoms with Crippen LogP contribution in [-0.2, 0) is 9.53 Å². The smallest absolute Gasteiger partial charge is 0.340 e. The van der Waals surface area contributed by atoms with Gasteiger partial charge in [-0.05, 0) is 48.4 Å². The number of carbonyl (C=O) groups is 2. The second-order valence-corrected chi connectivity index (χ2v) is 6.42.